The zero-order valence-corrected chi connectivity index (χ0v) is 12.1. The molecule has 5 nitrogen and oxygen atoms in total. The van der Waals surface area contributed by atoms with E-state index in [1.165, 1.54) is 18.2 Å². The van der Waals surface area contributed by atoms with Crippen molar-refractivity contribution >= 4 is 17.6 Å². The Morgan fingerprint density at radius 3 is 2.48 bits per heavy atom. The molecule has 0 saturated heterocycles. The predicted octanol–water partition coefficient (Wildman–Crippen LogP) is 3.07. The van der Waals surface area contributed by atoms with E-state index in [1.807, 2.05) is 0 Å². The number of carbonyl (C=O) groups excluding carboxylic acids is 1. The molecular formula is C15H16F3NO4. The number of carbonyl (C=O) groups is 2. The molecule has 1 aliphatic carbocycles. The van der Waals surface area contributed by atoms with Gasteiger partial charge in [0.05, 0.1) is 11.6 Å². The molecule has 1 aromatic rings. The Labute approximate surface area is 130 Å². The second-order valence-corrected chi connectivity index (χ2v) is 5.43. The van der Waals surface area contributed by atoms with Gasteiger partial charge in [0, 0.05) is 5.92 Å². The van der Waals surface area contributed by atoms with Gasteiger partial charge < -0.3 is 15.2 Å². The summed E-state index contributed by atoms with van der Waals surface area (Å²) in [7, 11) is 0. The number of ether oxygens (including phenoxy) is 1. The van der Waals surface area contributed by atoms with Crippen LogP contribution in [0.15, 0.2) is 24.3 Å². The van der Waals surface area contributed by atoms with E-state index >= 15 is 0 Å². The van der Waals surface area contributed by atoms with E-state index in [-0.39, 0.29) is 17.9 Å². The molecule has 0 heterocycles. The second kappa shape index (κ2) is 6.89. The lowest BCUT2D eigenvalue weighted by atomic mass is 10.0. The van der Waals surface area contributed by atoms with Crippen molar-refractivity contribution in [1.29, 1.82) is 0 Å². The van der Waals surface area contributed by atoms with Crippen LogP contribution in [0.1, 0.15) is 19.3 Å². The van der Waals surface area contributed by atoms with Crippen molar-refractivity contribution < 1.29 is 32.6 Å². The molecule has 1 aromatic carbocycles. The fraction of sp³-hybridized carbons (Fsp3) is 0.467. The van der Waals surface area contributed by atoms with Crippen LogP contribution in [-0.2, 0) is 9.59 Å². The molecule has 1 amide bonds. The normalized spacial score (nSPS) is 21.0. The number of anilines is 1. The lowest BCUT2D eigenvalue weighted by molar-refractivity contribution is -0.153. The average molecular weight is 331 g/mol. The Hall–Kier alpha value is -2.25. The molecule has 1 fully saturated rings. The van der Waals surface area contributed by atoms with Crippen LogP contribution in [-0.4, -0.2) is 29.8 Å². The van der Waals surface area contributed by atoms with Gasteiger partial charge in [0.1, 0.15) is 5.75 Å². The highest BCUT2D eigenvalue weighted by Gasteiger charge is 2.34. The Balaban J connectivity index is 2.00. The molecule has 0 aromatic heterocycles. The zero-order chi connectivity index (χ0) is 17.0. The molecule has 0 spiro atoms. The third kappa shape index (κ3) is 4.87. The second-order valence-electron chi connectivity index (χ2n) is 5.43. The lowest BCUT2D eigenvalue weighted by Gasteiger charge is -2.15. The summed E-state index contributed by atoms with van der Waals surface area (Å²) >= 11 is 0. The minimum absolute atomic E-state index is 0.0778. The molecule has 2 rings (SSSR count). The Morgan fingerprint density at radius 2 is 1.87 bits per heavy atom. The van der Waals surface area contributed by atoms with Crippen LogP contribution in [0.5, 0.6) is 5.75 Å². The molecule has 0 radical (unpaired) electrons. The Kier molecular flexibility index (Phi) is 5.12. The molecule has 23 heavy (non-hydrogen) atoms. The molecule has 0 aliphatic heterocycles. The van der Waals surface area contributed by atoms with Crippen LogP contribution in [0.4, 0.5) is 18.9 Å². The summed E-state index contributed by atoms with van der Waals surface area (Å²) in [6, 6.07) is 5.82. The standard InChI is InChI=1S/C15H16F3NO4/c16-15(17,18)8-23-12-4-2-1-3-11(12)19-13(20)9-5-6-10(7-9)14(21)22/h1-4,9-10H,5-8H2,(H,19,20)(H,21,22)/t9-,10+/m0/s1. The van der Waals surface area contributed by atoms with Crippen molar-refractivity contribution in [3.8, 4) is 5.75 Å². The average Bonchev–Trinajstić information content (AvgIpc) is 2.95. The number of halogens is 3. The summed E-state index contributed by atoms with van der Waals surface area (Å²) in [5, 5.41) is 11.5. The van der Waals surface area contributed by atoms with E-state index in [0.29, 0.717) is 12.8 Å². The first-order valence-electron chi connectivity index (χ1n) is 7.08. The van der Waals surface area contributed by atoms with Crippen LogP contribution in [0.3, 0.4) is 0 Å². The first kappa shape index (κ1) is 17.1. The van der Waals surface area contributed by atoms with Gasteiger partial charge in [-0.2, -0.15) is 13.2 Å². The van der Waals surface area contributed by atoms with Crippen molar-refractivity contribution in [2.24, 2.45) is 11.8 Å². The first-order valence-corrected chi connectivity index (χ1v) is 7.08. The lowest BCUT2D eigenvalue weighted by Crippen LogP contribution is -2.23. The van der Waals surface area contributed by atoms with Crippen LogP contribution in [0.2, 0.25) is 0 Å². The highest BCUT2D eigenvalue weighted by Crippen LogP contribution is 2.33. The smallest absolute Gasteiger partial charge is 0.422 e. The number of hydrogen-bond acceptors (Lipinski definition) is 3. The Bertz CT molecular complexity index is 588. The van der Waals surface area contributed by atoms with Crippen LogP contribution >= 0.6 is 0 Å². The van der Waals surface area contributed by atoms with Crippen LogP contribution in [0, 0.1) is 11.8 Å². The highest BCUT2D eigenvalue weighted by atomic mass is 19.4. The van der Waals surface area contributed by atoms with E-state index in [0.717, 1.165) is 0 Å². The van der Waals surface area contributed by atoms with E-state index in [1.54, 1.807) is 6.07 Å². The summed E-state index contributed by atoms with van der Waals surface area (Å²) in [5.74, 6) is -2.44. The third-order valence-corrected chi connectivity index (χ3v) is 3.69. The highest BCUT2D eigenvalue weighted by molar-refractivity contribution is 5.94. The number of benzene rings is 1. The monoisotopic (exact) mass is 331 g/mol. The van der Waals surface area contributed by atoms with Crippen LogP contribution < -0.4 is 10.1 Å². The maximum absolute atomic E-state index is 12.2. The van der Waals surface area contributed by atoms with Gasteiger partial charge in [-0.05, 0) is 31.4 Å². The van der Waals surface area contributed by atoms with Gasteiger partial charge >= 0.3 is 12.1 Å². The van der Waals surface area contributed by atoms with Gasteiger partial charge in [0.25, 0.3) is 0 Å². The number of rotatable bonds is 5. The van der Waals surface area contributed by atoms with E-state index in [2.05, 4.69) is 5.32 Å². The quantitative estimate of drug-likeness (QED) is 0.869. The maximum Gasteiger partial charge on any atom is 0.422 e. The van der Waals surface area contributed by atoms with Crippen molar-refractivity contribution in [1.82, 2.24) is 0 Å². The number of nitrogens with one attached hydrogen (secondary N) is 1. The molecule has 0 bridgehead atoms. The minimum atomic E-state index is -4.47. The molecule has 126 valence electrons. The van der Waals surface area contributed by atoms with Crippen molar-refractivity contribution in [3.05, 3.63) is 24.3 Å². The molecule has 2 N–H and O–H groups in total. The number of carboxylic acids is 1. The van der Waals surface area contributed by atoms with Gasteiger partial charge in [-0.3, -0.25) is 9.59 Å². The van der Waals surface area contributed by atoms with Gasteiger partial charge in [-0.15, -0.1) is 0 Å². The molecule has 1 saturated carbocycles. The summed E-state index contributed by atoms with van der Waals surface area (Å²) in [5.41, 5.74) is 0.139. The van der Waals surface area contributed by atoms with Gasteiger partial charge in [0.2, 0.25) is 5.91 Å². The SMILES string of the molecule is O=C(O)[C@@H]1CC[C@H](C(=O)Nc2ccccc2OCC(F)(F)F)C1. The summed E-state index contributed by atoms with van der Waals surface area (Å²) in [4.78, 5) is 23.1. The maximum atomic E-state index is 12.2. The zero-order valence-electron chi connectivity index (χ0n) is 12.1. The molecule has 2 atom stereocenters. The molecule has 0 unspecified atom stereocenters. The number of amides is 1. The summed E-state index contributed by atoms with van der Waals surface area (Å²) < 4.78 is 41.4. The number of hydrogen-bond donors (Lipinski definition) is 2. The van der Waals surface area contributed by atoms with Crippen LogP contribution in [0.25, 0.3) is 0 Å². The van der Waals surface area contributed by atoms with E-state index < -0.39 is 36.5 Å². The Morgan fingerprint density at radius 1 is 1.22 bits per heavy atom. The van der Waals surface area contributed by atoms with Gasteiger partial charge in [0.15, 0.2) is 6.61 Å². The van der Waals surface area contributed by atoms with Crippen molar-refractivity contribution in [3.63, 3.8) is 0 Å². The van der Waals surface area contributed by atoms with E-state index in [9.17, 15) is 22.8 Å². The minimum Gasteiger partial charge on any atom is -0.482 e. The number of para-hydroxylation sites is 2. The first-order chi connectivity index (χ1) is 10.8. The van der Waals surface area contributed by atoms with Gasteiger partial charge in [-0.1, -0.05) is 12.1 Å². The van der Waals surface area contributed by atoms with Gasteiger partial charge in [-0.25, -0.2) is 0 Å². The summed E-state index contributed by atoms with van der Waals surface area (Å²) in [6.07, 6.45) is -3.39. The van der Waals surface area contributed by atoms with E-state index in [4.69, 9.17) is 9.84 Å². The number of carboxylic acid groups (broad SMARTS) is 1. The fourth-order valence-electron chi connectivity index (χ4n) is 2.53. The van der Waals surface area contributed by atoms with Crippen molar-refractivity contribution in [2.75, 3.05) is 11.9 Å². The molecular weight excluding hydrogens is 315 g/mol. The van der Waals surface area contributed by atoms with Crippen molar-refractivity contribution in [2.45, 2.75) is 25.4 Å². The predicted molar refractivity (Wildman–Crippen MR) is 75.1 cm³/mol. The third-order valence-electron chi connectivity index (χ3n) is 3.69. The largest absolute Gasteiger partial charge is 0.482 e. The molecule has 8 heteroatoms. The number of aliphatic carboxylic acids is 1. The molecule has 1 aliphatic rings. The topological polar surface area (TPSA) is 75.6 Å². The fourth-order valence-corrected chi connectivity index (χ4v) is 2.53. The summed E-state index contributed by atoms with van der Waals surface area (Å²) in [6.45, 7) is -1.45. The number of alkyl halides is 3.